The molecule has 0 N–H and O–H groups in total. The van der Waals surface area contributed by atoms with Gasteiger partial charge in [-0.2, -0.15) is 0 Å². The summed E-state index contributed by atoms with van der Waals surface area (Å²) in [6.45, 7) is 0. The Morgan fingerprint density at radius 2 is 1.90 bits per heavy atom. The van der Waals surface area contributed by atoms with Gasteiger partial charge in [0.05, 0.1) is 5.56 Å². The van der Waals surface area contributed by atoms with Crippen LogP contribution in [0.3, 0.4) is 0 Å². The van der Waals surface area contributed by atoms with E-state index in [1.165, 1.54) is 31.4 Å². The van der Waals surface area contributed by atoms with E-state index < -0.39 is 11.8 Å². The lowest BCUT2D eigenvalue weighted by Gasteiger charge is -2.46. The van der Waals surface area contributed by atoms with Gasteiger partial charge in [-0.3, -0.25) is 0 Å². The van der Waals surface area contributed by atoms with Crippen molar-refractivity contribution >= 4 is 5.97 Å². The fraction of sp³-hybridized carbons (Fsp3) is 0.562. The lowest BCUT2D eigenvalue weighted by Crippen LogP contribution is -2.52. The zero-order valence-corrected chi connectivity index (χ0v) is 11.7. The number of carbonyl (C=O) groups is 1. The highest BCUT2D eigenvalue weighted by atomic mass is 19.1. The van der Waals surface area contributed by atoms with Gasteiger partial charge in [-0.1, -0.05) is 18.6 Å². The van der Waals surface area contributed by atoms with Crippen LogP contribution in [0, 0.1) is 5.82 Å². The van der Waals surface area contributed by atoms with E-state index in [1.807, 2.05) is 0 Å². The van der Waals surface area contributed by atoms with E-state index in [4.69, 9.17) is 4.74 Å². The molecule has 0 radical (unpaired) electrons. The van der Waals surface area contributed by atoms with E-state index in [-0.39, 0.29) is 11.7 Å². The summed E-state index contributed by atoms with van der Waals surface area (Å²) >= 11 is 0. The summed E-state index contributed by atoms with van der Waals surface area (Å²) in [5, 5.41) is 0. The largest absolute Gasteiger partial charge is 0.459 e. The highest BCUT2D eigenvalue weighted by molar-refractivity contribution is 5.89. The number of hydrogen-bond donors (Lipinski definition) is 0. The molecule has 2 atom stereocenters. The van der Waals surface area contributed by atoms with Crippen molar-refractivity contribution in [3.63, 3.8) is 0 Å². The first-order valence-electron chi connectivity index (χ1n) is 7.32. The Hall–Kier alpha value is -1.42. The minimum Gasteiger partial charge on any atom is -0.459 e. The molecule has 2 fully saturated rings. The van der Waals surface area contributed by atoms with Gasteiger partial charge in [0.2, 0.25) is 0 Å². The van der Waals surface area contributed by atoms with Gasteiger partial charge in [-0.25, -0.2) is 9.18 Å². The van der Waals surface area contributed by atoms with E-state index in [0.29, 0.717) is 12.1 Å². The molecule has 2 unspecified atom stereocenters. The van der Waals surface area contributed by atoms with Gasteiger partial charge in [0, 0.05) is 24.9 Å². The van der Waals surface area contributed by atoms with Crippen LogP contribution >= 0.6 is 0 Å². The molecule has 0 aromatic heterocycles. The topological polar surface area (TPSA) is 29.5 Å². The number of benzene rings is 1. The van der Waals surface area contributed by atoms with Crippen LogP contribution < -0.4 is 0 Å². The minimum absolute atomic E-state index is 0.0385. The standard InChI is InChI=1S/C16H20FNO2/c1-18-11-5-4-6-12(18)10-13(9-11)20-16(19)14-7-2-3-8-15(14)17/h2-3,7-8,11-13H,4-6,9-10H2,1H3. The molecule has 108 valence electrons. The lowest BCUT2D eigenvalue weighted by atomic mass is 9.83. The van der Waals surface area contributed by atoms with Gasteiger partial charge in [0.25, 0.3) is 0 Å². The summed E-state index contributed by atoms with van der Waals surface area (Å²) in [7, 11) is 2.16. The second-order valence-electron chi connectivity index (χ2n) is 5.88. The van der Waals surface area contributed by atoms with Crippen molar-refractivity contribution in [1.29, 1.82) is 0 Å². The molecular formula is C16H20FNO2. The Kier molecular flexibility index (Phi) is 3.74. The third-order valence-electron chi connectivity index (χ3n) is 4.66. The number of rotatable bonds is 2. The maximum Gasteiger partial charge on any atom is 0.341 e. The Bertz CT molecular complexity index is 491. The highest BCUT2D eigenvalue weighted by Crippen LogP contribution is 2.34. The van der Waals surface area contributed by atoms with Gasteiger partial charge in [0.15, 0.2) is 0 Å². The van der Waals surface area contributed by atoms with Crippen LogP contribution in [-0.4, -0.2) is 36.1 Å². The fourth-order valence-electron chi connectivity index (χ4n) is 3.50. The summed E-state index contributed by atoms with van der Waals surface area (Å²) < 4.78 is 19.1. The molecule has 2 saturated heterocycles. The van der Waals surface area contributed by atoms with E-state index in [0.717, 1.165) is 12.8 Å². The molecule has 0 spiro atoms. The quantitative estimate of drug-likeness (QED) is 0.778. The zero-order chi connectivity index (χ0) is 14.1. The second-order valence-corrected chi connectivity index (χ2v) is 5.88. The fourth-order valence-corrected chi connectivity index (χ4v) is 3.50. The molecule has 3 rings (SSSR count). The number of esters is 1. The van der Waals surface area contributed by atoms with Crippen LogP contribution in [0.4, 0.5) is 4.39 Å². The maximum absolute atomic E-state index is 13.6. The van der Waals surface area contributed by atoms with Gasteiger partial charge >= 0.3 is 5.97 Å². The molecule has 1 aromatic carbocycles. The maximum atomic E-state index is 13.6. The van der Waals surface area contributed by atoms with Crippen molar-refractivity contribution in [2.45, 2.75) is 50.3 Å². The lowest BCUT2D eigenvalue weighted by molar-refractivity contribution is -0.0321. The summed E-state index contributed by atoms with van der Waals surface area (Å²) in [5.41, 5.74) is 0.0385. The van der Waals surface area contributed by atoms with Crippen LogP contribution in [0.2, 0.25) is 0 Å². The summed E-state index contributed by atoms with van der Waals surface area (Å²) in [6.07, 6.45) is 5.25. The van der Waals surface area contributed by atoms with Gasteiger partial charge in [-0.05, 0) is 32.0 Å². The Balaban J connectivity index is 1.67. The Morgan fingerprint density at radius 1 is 1.25 bits per heavy atom. The monoisotopic (exact) mass is 277 g/mol. The number of fused-ring (bicyclic) bond motifs is 2. The van der Waals surface area contributed by atoms with Gasteiger partial charge in [-0.15, -0.1) is 0 Å². The summed E-state index contributed by atoms with van der Waals surface area (Å²) in [4.78, 5) is 14.5. The van der Waals surface area contributed by atoms with Crippen LogP contribution in [0.25, 0.3) is 0 Å². The van der Waals surface area contributed by atoms with Crippen LogP contribution in [-0.2, 0) is 4.74 Å². The normalized spacial score (nSPS) is 30.0. The van der Waals surface area contributed by atoms with Crippen molar-refractivity contribution in [2.24, 2.45) is 0 Å². The summed E-state index contributed by atoms with van der Waals surface area (Å²) in [5.74, 6) is -1.04. The molecule has 2 heterocycles. The SMILES string of the molecule is CN1C2CCCC1CC(OC(=O)c1ccccc1F)C2. The highest BCUT2D eigenvalue weighted by Gasteiger charge is 2.37. The first-order chi connectivity index (χ1) is 9.65. The molecular weight excluding hydrogens is 257 g/mol. The molecule has 0 aliphatic carbocycles. The minimum atomic E-state index is -0.532. The van der Waals surface area contributed by atoms with Gasteiger partial charge in [0.1, 0.15) is 11.9 Å². The van der Waals surface area contributed by atoms with Crippen LogP contribution in [0.5, 0.6) is 0 Å². The number of nitrogens with zero attached hydrogens (tertiary/aromatic N) is 1. The predicted octanol–water partition coefficient (Wildman–Crippen LogP) is 3.00. The third kappa shape index (κ3) is 2.57. The average Bonchev–Trinajstić information content (AvgIpc) is 2.40. The summed E-state index contributed by atoms with van der Waals surface area (Å²) in [6, 6.07) is 7.00. The first-order valence-corrected chi connectivity index (χ1v) is 7.32. The van der Waals surface area contributed by atoms with Crippen molar-refractivity contribution < 1.29 is 13.9 Å². The molecule has 3 nitrogen and oxygen atoms in total. The van der Waals surface area contributed by atoms with Crippen molar-refractivity contribution in [3.8, 4) is 0 Å². The molecule has 1 aromatic rings. The molecule has 20 heavy (non-hydrogen) atoms. The van der Waals surface area contributed by atoms with Gasteiger partial charge < -0.3 is 9.64 Å². The van der Waals surface area contributed by atoms with Crippen molar-refractivity contribution in [1.82, 2.24) is 4.90 Å². The number of ether oxygens (including phenoxy) is 1. The van der Waals surface area contributed by atoms with E-state index in [9.17, 15) is 9.18 Å². The zero-order valence-electron chi connectivity index (χ0n) is 11.7. The molecule has 0 saturated carbocycles. The number of piperidine rings is 2. The molecule has 2 bridgehead atoms. The molecule has 2 aliphatic rings. The Morgan fingerprint density at radius 3 is 2.55 bits per heavy atom. The average molecular weight is 277 g/mol. The van der Waals surface area contributed by atoms with Crippen LogP contribution in [0.1, 0.15) is 42.5 Å². The smallest absolute Gasteiger partial charge is 0.341 e. The molecule has 4 heteroatoms. The van der Waals surface area contributed by atoms with Crippen molar-refractivity contribution in [3.05, 3.63) is 35.6 Å². The van der Waals surface area contributed by atoms with Crippen molar-refractivity contribution in [2.75, 3.05) is 7.05 Å². The van der Waals surface area contributed by atoms with E-state index in [1.54, 1.807) is 12.1 Å². The number of hydrogen-bond acceptors (Lipinski definition) is 3. The Labute approximate surface area is 118 Å². The van der Waals surface area contributed by atoms with E-state index >= 15 is 0 Å². The number of carbonyl (C=O) groups excluding carboxylic acids is 1. The second kappa shape index (κ2) is 5.52. The first kappa shape index (κ1) is 13.6. The third-order valence-corrected chi connectivity index (χ3v) is 4.66. The molecule has 2 aliphatic heterocycles. The molecule has 0 amide bonds. The predicted molar refractivity (Wildman–Crippen MR) is 74.0 cm³/mol. The van der Waals surface area contributed by atoms with Crippen LogP contribution in [0.15, 0.2) is 24.3 Å². The van der Waals surface area contributed by atoms with E-state index in [2.05, 4.69) is 11.9 Å². The number of halogens is 1.